The highest BCUT2D eigenvalue weighted by molar-refractivity contribution is 6.52. The lowest BCUT2D eigenvalue weighted by Crippen LogP contribution is -2.12. The summed E-state index contributed by atoms with van der Waals surface area (Å²) in [5.41, 5.74) is 0.917. The zero-order valence-electron chi connectivity index (χ0n) is 6.22. The molecular formula is C6H13BO2. The number of rotatable bonds is 0. The fourth-order valence-electron chi connectivity index (χ4n) is 0.503. The SMILES string of the molecule is CC.CC1=CCOB1O. The molecule has 0 aromatic rings. The maximum atomic E-state index is 8.71. The van der Waals surface area contributed by atoms with Crippen LogP contribution < -0.4 is 0 Å². The van der Waals surface area contributed by atoms with E-state index in [0.29, 0.717) is 6.61 Å². The van der Waals surface area contributed by atoms with Crippen LogP contribution in [0.4, 0.5) is 0 Å². The van der Waals surface area contributed by atoms with E-state index in [9.17, 15) is 0 Å². The smallest absolute Gasteiger partial charge is 0.423 e. The van der Waals surface area contributed by atoms with Crippen molar-refractivity contribution in [3.63, 3.8) is 0 Å². The summed E-state index contributed by atoms with van der Waals surface area (Å²) in [5.74, 6) is 0. The quantitative estimate of drug-likeness (QED) is 0.493. The maximum Gasteiger partial charge on any atom is 0.486 e. The average Bonchev–Trinajstić information content (AvgIpc) is 2.23. The summed E-state index contributed by atoms with van der Waals surface area (Å²) in [6, 6.07) is 0. The van der Waals surface area contributed by atoms with Gasteiger partial charge in [-0.25, -0.2) is 0 Å². The van der Waals surface area contributed by atoms with E-state index in [0.717, 1.165) is 5.47 Å². The topological polar surface area (TPSA) is 29.5 Å². The van der Waals surface area contributed by atoms with Crippen LogP contribution in [0.5, 0.6) is 0 Å². The van der Waals surface area contributed by atoms with Crippen molar-refractivity contribution in [3.05, 3.63) is 11.5 Å². The van der Waals surface area contributed by atoms with Crippen molar-refractivity contribution in [1.29, 1.82) is 0 Å². The Morgan fingerprint density at radius 2 is 2.22 bits per heavy atom. The fourth-order valence-corrected chi connectivity index (χ4v) is 0.503. The van der Waals surface area contributed by atoms with E-state index >= 15 is 0 Å². The zero-order chi connectivity index (χ0) is 7.28. The van der Waals surface area contributed by atoms with E-state index in [-0.39, 0.29) is 0 Å². The van der Waals surface area contributed by atoms with Gasteiger partial charge in [0.05, 0.1) is 0 Å². The Kier molecular flexibility index (Phi) is 4.45. The van der Waals surface area contributed by atoms with Gasteiger partial charge in [-0.15, -0.1) is 0 Å². The first-order valence-electron chi connectivity index (χ1n) is 3.27. The third kappa shape index (κ3) is 2.68. The van der Waals surface area contributed by atoms with Crippen molar-refractivity contribution < 1.29 is 9.68 Å². The van der Waals surface area contributed by atoms with Gasteiger partial charge >= 0.3 is 7.12 Å². The van der Waals surface area contributed by atoms with Gasteiger partial charge in [0.25, 0.3) is 0 Å². The van der Waals surface area contributed by atoms with Gasteiger partial charge in [0.15, 0.2) is 0 Å². The lowest BCUT2D eigenvalue weighted by molar-refractivity contribution is 0.314. The fraction of sp³-hybridized carbons (Fsp3) is 0.667. The molecule has 0 aromatic heterocycles. The predicted octanol–water partition coefficient (Wildman–Crippen LogP) is 1.01. The minimum atomic E-state index is -0.625. The molecule has 0 aromatic carbocycles. The van der Waals surface area contributed by atoms with Crippen LogP contribution in [0, 0.1) is 0 Å². The Hall–Kier alpha value is -0.275. The van der Waals surface area contributed by atoms with Gasteiger partial charge in [0, 0.05) is 6.61 Å². The standard InChI is InChI=1S/C4H7BO2.C2H6/c1-4-2-3-7-5(4)6;1-2/h2,6H,3H2,1H3;1-2H3. The molecule has 0 spiro atoms. The highest BCUT2D eigenvalue weighted by Gasteiger charge is 2.18. The Bertz CT molecular complexity index is 101. The Morgan fingerprint density at radius 3 is 2.33 bits per heavy atom. The molecule has 2 nitrogen and oxygen atoms in total. The molecule has 1 rings (SSSR count). The summed E-state index contributed by atoms with van der Waals surface area (Å²) in [5, 5.41) is 8.71. The first-order chi connectivity index (χ1) is 4.30. The van der Waals surface area contributed by atoms with E-state index < -0.39 is 7.12 Å². The first-order valence-corrected chi connectivity index (χ1v) is 3.27. The third-order valence-electron chi connectivity index (χ3n) is 1.05. The first kappa shape index (κ1) is 8.72. The third-order valence-corrected chi connectivity index (χ3v) is 1.05. The van der Waals surface area contributed by atoms with Gasteiger partial charge in [-0.1, -0.05) is 19.9 Å². The summed E-state index contributed by atoms with van der Waals surface area (Å²) in [6.07, 6.45) is 1.87. The molecule has 1 heterocycles. The molecule has 0 fully saturated rings. The summed E-state index contributed by atoms with van der Waals surface area (Å²) in [6.45, 7) is 6.41. The van der Waals surface area contributed by atoms with Gasteiger partial charge in [0.1, 0.15) is 0 Å². The van der Waals surface area contributed by atoms with Crippen LogP contribution in [0.25, 0.3) is 0 Å². The second-order valence-corrected chi connectivity index (χ2v) is 1.63. The molecule has 0 aliphatic carbocycles. The van der Waals surface area contributed by atoms with Crippen molar-refractivity contribution in [2.75, 3.05) is 6.61 Å². The van der Waals surface area contributed by atoms with Gasteiger partial charge < -0.3 is 9.68 Å². The van der Waals surface area contributed by atoms with E-state index in [1.54, 1.807) is 0 Å². The summed E-state index contributed by atoms with van der Waals surface area (Å²) >= 11 is 0. The van der Waals surface area contributed by atoms with Crippen LogP contribution in [0.2, 0.25) is 0 Å². The molecule has 1 aliphatic heterocycles. The molecule has 0 amide bonds. The largest absolute Gasteiger partial charge is 0.486 e. The van der Waals surface area contributed by atoms with Crippen molar-refractivity contribution >= 4 is 7.12 Å². The molecule has 0 saturated heterocycles. The maximum absolute atomic E-state index is 8.71. The van der Waals surface area contributed by atoms with Gasteiger partial charge in [-0.2, -0.15) is 0 Å². The van der Waals surface area contributed by atoms with Crippen molar-refractivity contribution in [3.8, 4) is 0 Å². The lowest BCUT2D eigenvalue weighted by Gasteiger charge is -1.92. The molecule has 0 saturated carbocycles. The van der Waals surface area contributed by atoms with E-state index in [1.807, 2.05) is 26.8 Å². The van der Waals surface area contributed by atoms with Crippen LogP contribution >= 0.6 is 0 Å². The van der Waals surface area contributed by atoms with Crippen LogP contribution in [0.15, 0.2) is 11.5 Å². The number of allylic oxidation sites excluding steroid dienone is 1. The van der Waals surface area contributed by atoms with Gasteiger partial charge in [-0.3, -0.25) is 0 Å². The van der Waals surface area contributed by atoms with Gasteiger partial charge in [-0.05, 0) is 12.4 Å². The highest BCUT2D eigenvalue weighted by atomic mass is 16.5. The molecule has 0 unspecified atom stereocenters. The Balaban J connectivity index is 0.000000291. The molecule has 1 aliphatic rings. The minimum Gasteiger partial charge on any atom is -0.423 e. The number of hydrogen-bond donors (Lipinski definition) is 1. The van der Waals surface area contributed by atoms with Crippen LogP contribution in [0.3, 0.4) is 0 Å². The average molecular weight is 128 g/mol. The lowest BCUT2D eigenvalue weighted by atomic mass is 9.82. The highest BCUT2D eigenvalue weighted by Crippen LogP contribution is 2.04. The van der Waals surface area contributed by atoms with E-state index in [1.165, 1.54) is 0 Å². The summed E-state index contributed by atoms with van der Waals surface area (Å²) in [4.78, 5) is 0. The van der Waals surface area contributed by atoms with Crippen molar-refractivity contribution in [2.24, 2.45) is 0 Å². The molecule has 0 atom stereocenters. The predicted molar refractivity (Wildman–Crippen MR) is 39.0 cm³/mol. The molecule has 1 N–H and O–H groups in total. The van der Waals surface area contributed by atoms with Gasteiger partial charge in [0.2, 0.25) is 0 Å². The monoisotopic (exact) mass is 128 g/mol. The van der Waals surface area contributed by atoms with Crippen molar-refractivity contribution in [2.45, 2.75) is 20.8 Å². The Morgan fingerprint density at radius 1 is 1.67 bits per heavy atom. The normalized spacial score (nSPS) is 16.4. The van der Waals surface area contributed by atoms with Crippen LogP contribution in [-0.2, 0) is 4.65 Å². The zero-order valence-corrected chi connectivity index (χ0v) is 6.22. The van der Waals surface area contributed by atoms with E-state index in [4.69, 9.17) is 9.68 Å². The van der Waals surface area contributed by atoms with E-state index in [2.05, 4.69) is 0 Å². The van der Waals surface area contributed by atoms with Crippen molar-refractivity contribution in [1.82, 2.24) is 0 Å². The Labute approximate surface area is 56.7 Å². The molecule has 0 radical (unpaired) electrons. The molecule has 52 valence electrons. The minimum absolute atomic E-state index is 0.562. The molecule has 3 heteroatoms. The van der Waals surface area contributed by atoms with Crippen LogP contribution in [0.1, 0.15) is 20.8 Å². The summed E-state index contributed by atoms with van der Waals surface area (Å²) in [7, 11) is -0.625. The second kappa shape index (κ2) is 4.59. The second-order valence-electron chi connectivity index (χ2n) is 1.63. The molecule has 0 bridgehead atoms. The summed E-state index contributed by atoms with van der Waals surface area (Å²) < 4.78 is 4.73. The molecular weight excluding hydrogens is 115 g/mol. The van der Waals surface area contributed by atoms with Crippen LogP contribution in [-0.4, -0.2) is 18.7 Å². The number of hydrogen-bond acceptors (Lipinski definition) is 2. The molecule has 9 heavy (non-hydrogen) atoms.